The predicted molar refractivity (Wildman–Crippen MR) is 232 cm³/mol. The minimum Gasteiger partial charge on any atom is -0.508 e. The summed E-state index contributed by atoms with van der Waals surface area (Å²) in [6.07, 6.45) is 15.4. The maximum absolute atomic E-state index is 13.0. The number of phenols is 1. The van der Waals surface area contributed by atoms with Gasteiger partial charge in [0.2, 0.25) is 11.8 Å². The van der Waals surface area contributed by atoms with E-state index in [0.717, 1.165) is 51.0 Å². The molecule has 0 bridgehead atoms. The number of hydrogen-bond donors (Lipinski definition) is 3. The molecule has 7 nitrogen and oxygen atoms in total. The van der Waals surface area contributed by atoms with Gasteiger partial charge < -0.3 is 20.5 Å². The standard InChI is InChI=1S/C28H31NO2.C23H36N2O2/c30-24-11-15-27-23(20-24)10-14-26(21-6-2-1-3-7-21)28(27)22-8-12-25(13-9-22)31-19-18-29-16-4-5-17-29;1-21(2,3)25-20(27)17-8-7-15-14-6-9-18-23(5,13-11-19(26)24-18)16(14)10-12-22(15,17)4/h1-3,6-9,11-13,15,20,26,28,30H,4-5,10,14,16-19H2;11,13-18H,6-10,12H2,1-5H3,(H,24,26)(H,25,27)/t26-,28+;14-,15-,16-,17+,18+,22-,23+/m10/s1. The van der Waals surface area contributed by atoms with Crippen LogP contribution in [-0.4, -0.2) is 59.6 Å². The number of rotatable bonds is 7. The van der Waals surface area contributed by atoms with Gasteiger partial charge in [-0.05, 0) is 180 Å². The molecule has 3 N–H and O–H groups in total. The van der Waals surface area contributed by atoms with Crippen molar-refractivity contribution in [2.45, 2.75) is 122 Å². The monoisotopic (exact) mass is 786 g/mol. The molecule has 0 aromatic heterocycles. The van der Waals surface area contributed by atoms with Crippen molar-refractivity contribution >= 4 is 11.8 Å². The quantitative estimate of drug-likeness (QED) is 0.222. The Morgan fingerprint density at radius 1 is 0.897 bits per heavy atom. The highest BCUT2D eigenvalue weighted by Crippen LogP contribution is 2.65. The number of benzene rings is 3. The van der Waals surface area contributed by atoms with Gasteiger partial charge in [0.05, 0.1) is 0 Å². The van der Waals surface area contributed by atoms with Crippen molar-refractivity contribution < 1.29 is 19.4 Å². The van der Waals surface area contributed by atoms with Gasteiger partial charge in [-0.15, -0.1) is 0 Å². The first-order chi connectivity index (χ1) is 27.8. The number of aryl methyl sites for hydroxylation is 1. The number of carbonyl (C=O) groups is 2. The van der Waals surface area contributed by atoms with Crippen LogP contribution in [0.2, 0.25) is 0 Å². The Kier molecular flexibility index (Phi) is 11.6. The summed E-state index contributed by atoms with van der Waals surface area (Å²) in [4.78, 5) is 27.4. The van der Waals surface area contributed by atoms with Gasteiger partial charge in [0.25, 0.3) is 0 Å². The first-order valence-corrected chi connectivity index (χ1v) is 22.5. The molecule has 7 heteroatoms. The minimum atomic E-state index is -0.167. The van der Waals surface area contributed by atoms with Crippen LogP contribution in [0.15, 0.2) is 84.9 Å². The molecule has 0 unspecified atom stereocenters. The van der Waals surface area contributed by atoms with E-state index in [1.165, 1.54) is 67.4 Å². The van der Waals surface area contributed by atoms with Gasteiger partial charge in [-0.3, -0.25) is 14.5 Å². The number of fused-ring (bicyclic) bond motifs is 6. The van der Waals surface area contributed by atoms with E-state index in [0.29, 0.717) is 29.4 Å². The number of phenolic OH excluding ortho intramolecular Hbond substituents is 1. The highest BCUT2D eigenvalue weighted by Gasteiger charge is 2.61. The zero-order chi connectivity index (χ0) is 40.7. The van der Waals surface area contributed by atoms with Crippen molar-refractivity contribution in [1.82, 2.24) is 15.5 Å². The fourth-order valence-electron chi connectivity index (χ4n) is 12.6. The molecule has 3 aromatic rings. The summed E-state index contributed by atoms with van der Waals surface area (Å²) in [5.41, 5.74) is 5.33. The average molecular weight is 786 g/mol. The highest BCUT2D eigenvalue weighted by atomic mass is 16.5. The fourth-order valence-corrected chi connectivity index (χ4v) is 12.6. The lowest BCUT2D eigenvalue weighted by Crippen LogP contribution is -2.59. The van der Waals surface area contributed by atoms with E-state index in [9.17, 15) is 14.7 Å². The van der Waals surface area contributed by atoms with E-state index >= 15 is 0 Å². The average Bonchev–Trinajstić information content (AvgIpc) is 3.86. The van der Waals surface area contributed by atoms with E-state index in [-0.39, 0.29) is 46.1 Å². The Bertz CT molecular complexity index is 1950. The number of aromatic hydroxyl groups is 1. The summed E-state index contributed by atoms with van der Waals surface area (Å²) in [7, 11) is 0. The van der Waals surface area contributed by atoms with Crippen molar-refractivity contribution in [3.05, 3.63) is 107 Å². The molecule has 3 saturated carbocycles. The molecule has 4 fully saturated rings. The normalized spacial score (nSPS) is 32.7. The second kappa shape index (κ2) is 16.5. The Balaban J connectivity index is 0.000000164. The molecule has 2 heterocycles. The van der Waals surface area contributed by atoms with Gasteiger partial charge in [0, 0.05) is 35.4 Å². The molecule has 2 aliphatic heterocycles. The van der Waals surface area contributed by atoms with Crippen LogP contribution >= 0.6 is 0 Å². The van der Waals surface area contributed by atoms with E-state index < -0.39 is 0 Å². The Morgan fingerprint density at radius 2 is 1.66 bits per heavy atom. The molecule has 310 valence electrons. The minimum absolute atomic E-state index is 0.0661. The van der Waals surface area contributed by atoms with Crippen molar-refractivity contribution in [2.75, 3.05) is 26.2 Å². The number of amides is 2. The summed E-state index contributed by atoms with van der Waals surface area (Å²) < 4.78 is 6.03. The first-order valence-electron chi connectivity index (χ1n) is 22.5. The van der Waals surface area contributed by atoms with Crippen molar-refractivity contribution in [3.63, 3.8) is 0 Å². The molecule has 0 radical (unpaired) electrons. The number of hydrogen-bond acceptors (Lipinski definition) is 5. The van der Waals surface area contributed by atoms with Gasteiger partial charge in [0.1, 0.15) is 18.1 Å². The van der Waals surface area contributed by atoms with Gasteiger partial charge >= 0.3 is 0 Å². The van der Waals surface area contributed by atoms with Crippen molar-refractivity contribution in [3.8, 4) is 11.5 Å². The van der Waals surface area contributed by atoms with E-state index in [4.69, 9.17) is 4.74 Å². The van der Waals surface area contributed by atoms with E-state index in [1.54, 1.807) is 6.08 Å². The molecule has 58 heavy (non-hydrogen) atoms. The molecule has 1 saturated heterocycles. The van der Waals surface area contributed by atoms with Crippen LogP contribution in [0.3, 0.4) is 0 Å². The van der Waals surface area contributed by atoms with Crippen LogP contribution < -0.4 is 15.4 Å². The summed E-state index contributed by atoms with van der Waals surface area (Å²) in [5.74, 6) is 4.43. The van der Waals surface area contributed by atoms with Gasteiger partial charge in [-0.25, -0.2) is 0 Å². The molecule has 9 rings (SSSR count). The Hall–Kier alpha value is -4.10. The van der Waals surface area contributed by atoms with Gasteiger partial charge in [-0.2, -0.15) is 0 Å². The fraction of sp³-hybridized carbons (Fsp3) is 0.569. The number of ether oxygens (including phenoxy) is 1. The molecule has 4 aliphatic carbocycles. The van der Waals surface area contributed by atoms with Gasteiger partial charge in [0.15, 0.2) is 0 Å². The van der Waals surface area contributed by atoms with Crippen LogP contribution in [0.1, 0.15) is 126 Å². The first kappa shape index (κ1) is 40.7. The largest absolute Gasteiger partial charge is 0.508 e. The second-order valence-corrected chi connectivity index (χ2v) is 20.0. The summed E-state index contributed by atoms with van der Waals surface area (Å²) in [5, 5.41) is 16.5. The Morgan fingerprint density at radius 3 is 2.40 bits per heavy atom. The lowest BCUT2D eigenvalue weighted by Gasteiger charge is -2.58. The number of nitrogens with one attached hydrogen (secondary N) is 2. The van der Waals surface area contributed by atoms with Crippen molar-refractivity contribution in [2.24, 2.45) is 34.5 Å². The maximum Gasteiger partial charge on any atom is 0.243 e. The second-order valence-electron chi connectivity index (χ2n) is 20.0. The predicted octanol–water partition coefficient (Wildman–Crippen LogP) is 9.54. The lowest BCUT2D eigenvalue weighted by atomic mass is 9.48. The van der Waals surface area contributed by atoms with Gasteiger partial charge in [-0.1, -0.05) is 68.5 Å². The zero-order valence-corrected chi connectivity index (χ0v) is 35.6. The van der Waals surface area contributed by atoms with Crippen molar-refractivity contribution in [1.29, 1.82) is 0 Å². The molecular formula is C51H67N3O4. The lowest BCUT2D eigenvalue weighted by molar-refractivity contribution is -0.135. The third-order valence-electron chi connectivity index (χ3n) is 15.4. The smallest absolute Gasteiger partial charge is 0.243 e. The van der Waals surface area contributed by atoms with Crippen LogP contribution in [0, 0.1) is 34.5 Å². The van der Waals surface area contributed by atoms with E-state index in [1.807, 2.05) is 12.1 Å². The SMILES string of the molecule is CC(C)(C)NC(=O)[C@H]1CC[C@H]2[C@@H]3CC[C@H]4NC(=O)C=C[C@]4(C)[C@H]3CC[C@]12C.Oc1ccc2c(c1)CC[C@H](c1ccccc1)[C@@H]2c1ccc(OCCN2CCCC2)cc1. The zero-order valence-electron chi connectivity index (χ0n) is 35.6. The summed E-state index contributed by atoms with van der Waals surface area (Å²) in [6.45, 7) is 15.1. The number of likely N-dealkylation sites (tertiary alicyclic amines) is 1. The summed E-state index contributed by atoms with van der Waals surface area (Å²) in [6, 6.07) is 25.7. The third-order valence-corrected chi connectivity index (χ3v) is 15.4. The van der Waals surface area contributed by atoms with Crippen LogP contribution in [-0.2, 0) is 16.0 Å². The Labute approximate surface area is 347 Å². The van der Waals surface area contributed by atoms with E-state index in [2.05, 4.69) is 117 Å². The molecule has 9 atom stereocenters. The molecule has 3 aromatic carbocycles. The number of carbonyl (C=O) groups excluding carboxylic acids is 2. The topological polar surface area (TPSA) is 90.9 Å². The molecule has 2 amide bonds. The van der Waals surface area contributed by atoms with Crippen LogP contribution in [0.25, 0.3) is 0 Å². The highest BCUT2D eigenvalue weighted by molar-refractivity contribution is 5.89. The molecular weight excluding hydrogens is 719 g/mol. The van der Waals surface area contributed by atoms with Crippen LogP contribution in [0.5, 0.6) is 11.5 Å². The molecule has 6 aliphatic rings. The number of nitrogens with zero attached hydrogens (tertiary/aromatic N) is 1. The molecule has 0 spiro atoms. The van der Waals surface area contributed by atoms with Crippen LogP contribution in [0.4, 0.5) is 0 Å². The third kappa shape index (κ3) is 8.22. The summed E-state index contributed by atoms with van der Waals surface area (Å²) >= 11 is 0. The maximum atomic E-state index is 13.0.